The number of rotatable bonds is 6. The van der Waals surface area contributed by atoms with Crippen LogP contribution in [0.3, 0.4) is 0 Å². The molecule has 0 atom stereocenters. The summed E-state index contributed by atoms with van der Waals surface area (Å²) in [5.74, 6) is 0.0704. The lowest BCUT2D eigenvalue weighted by atomic mass is 10.4. The Hall–Kier alpha value is -2.12. The van der Waals surface area contributed by atoms with Crippen LogP contribution in [0.4, 0.5) is 0 Å². The van der Waals surface area contributed by atoms with Gasteiger partial charge < -0.3 is 4.42 Å². The Balaban J connectivity index is 1.88. The highest BCUT2D eigenvalue weighted by Gasteiger charge is 2.14. The summed E-state index contributed by atoms with van der Waals surface area (Å²) in [6, 6.07) is 6.83. The molecule has 0 aromatic carbocycles. The van der Waals surface area contributed by atoms with Gasteiger partial charge in [-0.3, -0.25) is 25.3 Å². The van der Waals surface area contributed by atoms with Gasteiger partial charge in [0.2, 0.25) is 0 Å². The Morgan fingerprint density at radius 2 is 1.86 bits per heavy atom. The molecule has 7 heteroatoms. The molecule has 0 aliphatic rings. The van der Waals surface area contributed by atoms with Crippen LogP contribution in [0.15, 0.2) is 34.1 Å². The van der Waals surface area contributed by atoms with Gasteiger partial charge in [-0.2, -0.15) is 0 Å². The number of hydrogen-bond donors (Lipinski definition) is 2. The summed E-state index contributed by atoms with van der Waals surface area (Å²) in [5, 5.41) is 1.79. The molecule has 2 amide bonds. The molecule has 0 aliphatic carbocycles. The van der Waals surface area contributed by atoms with E-state index in [4.69, 9.17) is 4.42 Å². The van der Waals surface area contributed by atoms with E-state index in [0.29, 0.717) is 11.4 Å². The van der Waals surface area contributed by atoms with Crippen LogP contribution < -0.4 is 10.9 Å². The van der Waals surface area contributed by atoms with Gasteiger partial charge in [0.25, 0.3) is 5.91 Å². The topological polar surface area (TPSA) is 74.6 Å². The summed E-state index contributed by atoms with van der Waals surface area (Å²) in [5.41, 5.74) is 4.70. The predicted octanol–water partition coefficient (Wildman–Crippen LogP) is 2.26. The standard InChI is InChI=1S/C15H19N3O3S/c1-3-18(4-2)10-11-7-8-12(21-11)14(19)16-17-15(20)13-6-5-9-22-13/h5-9H,3-4,10H2,1-2H3,(H,16,19)(H,17,20). The van der Waals surface area contributed by atoms with Crippen LogP contribution in [0.2, 0.25) is 0 Å². The van der Waals surface area contributed by atoms with Crippen LogP contribution >= 0.6 is 11.3 Å². The highest BCUT2D eigenvalue weighted by atomic mass is 32.1. The van der Waals surface area contributed by atoms with Crippen LogP contribution in [-0.2, 0) is 6.54 Å². The van der Waals surface area contributed by atoms with E-state index in [1.807, 2.05) is 0 Å². The van der Waals surface area contributed by atoms with Gasteiger partial charge in [-0.25, -0.2) is 0 Å². The van der Waals surface area contributed by atoms with Gasteiger partial charge in [-0.1, -0.05) is 19.9 Å². The van der Waals surface area contributed by atoms with Crippen molar-refractivity contribution in [3.05, 3.63) is 46.0 Å². The molecule has 0 bridgehead atoms. The summed E-state index contributed by atoms with van der Waals surface area (Å²) in [6.07, 6.45) is 0. The zero-order valence-corrected chi connectivity index (χ0v) is 13.4. The van der Waals surface area contributed by atoms with Crippen molar-refractivity contribution in [2.45, 2.75) is 20.4 Å². The molecule has 0 saturated heterocycles. The number of carbonyl (C=O) groups is 2. The fourth-order valence-corrected chi connectivity index (χ4v) is 2.52. The third kappa shape index (κ3) is 4.19. The van der Waals surface area contributed by atoms with Crippen LogP contribution in [0, 0.1) is 0 Å². The first-order valence-corrected chi connectivity index (χ1v) is 7.97. The summed E-state index contributed by atoms with van der Waals surface area (Å²) >= 11 is 1.30. The van der Waals surface area contributed by atoms with E-state index in [1.54, 1.807) is 29.6 Å². The van der Waals surface area contributed by atoms with Gasteiger partial charge in [0.05, 0.1) is 11.4 Å². The predicted molar refractivity (Wildman–Crippen MR) is 84.6 cm³/mol. The van der Waals surface area contributed by atoms with Crippen LogP contribution in [0.1, 0.15) is 39.8 Å². The molecule has 118 valence electrons. The highest BCUT2D eigenvalue weighted by molar-refractivity contribution is 7.12. The minimum atomic E-state index is -0.476. The van der Waals surface area contributed by atoms with Crippen molar-refractivity contribution in [3.63, 3.8) is 0 Å². The molecular formula is C15H19N3O3S. The van der Waals surface area contributed by atoms with Gasteiger partial charge in [0.15, 0.2) is 5.76 Å². The molecular weight excluding hydrogens is 302 g/mol. The molecule has 2 N–H and O–H groups in total. The van der Waals surface area contributed by atoms with E-state index in [0.717, 1.165) is 18.8 Å². The second-order valence-corrected chi connectivity index (χ2v) is 5.56. The van der Waals surface area contributed by atoms with E-state index >= 15 is 0 Å². The lowest BCUT2D eigenvalue weighted by Gasteiger charge is -2.15. The molecule has 22 heavy (non-hydrogen) atoms. The molecule has 0 unspecified atom stereocenters. The molecule has 2 aromatic heterocycles. The maximum Gasteiger partial charge on any atom is 0.305 e. The normalized spacial score (nSPS) is 10.7. The molecule has 2 rings (SSSR count). The maximum absolute atomic E-state index is 11.9. The first-order chi connectivity index (χ1) is 10.6. The van der Waals surface area contributed by atoms with Crippen LogP contribution in [-0.4, -0.2) is 29.8 Å². The monoisotopic (exact) mass is 321 g/mol. The zero-order chi connectivity index (χ0) is 15.9. The van der Waals surface area contributed by atoms with E-state index < -0.39 is 5.91 Å². The second-order valence-electron chi connectivity index (χ2n) is 4.61. The van der Waals surface area contributed by atoms with E-state index in [2.05, 4.69) is 29.6 Å². The minimum Gasteiger partial charge on any atom is -0.454 e. The van der Waals surface area contributed by atoms with E-state index in [9.17, 15) is 9.59 Å². The summed E-state index contributed by atoms with van der Waals surface area (Å²) in [7, 11) is 0. The number of nitrogens with zero attached hydrogens (tertiary/aromatic N) is 1. The Morgan fingerprint density at radius 1 is 1.14 bits per heavy atom. The fourth-order valence-electron chi connectivity index (χ4n) is 1.90. The smallest absolute Gasteiger partial charge is 0.305 e. The first kappa shape index (κ1) is 16.3. The van der Waals surface area contributed by atoms with E-state index in [-0.39, 0.29) is 11.7 Å². The maximum atomic E-state index is 11.9. The van der Waals surface area contributed by atoms with Crippen molar-refractivity contribution in [2.75, 3.05) is 13.1 Å². The van der Waals surface area contributed by atoms with Crippen molar-refractivity contribution in [3.8, 4) is 0 Å². The third-order valence-corrected chi connectivity index (χ3v) is 4.06. The number of nitrogens with one attached hydrogen (secondary N) is 2. The average Bonchev–Trinajstić information content (AvgIpc) is 3.21. The largest absolute Gasteiger partial charge is 0.454 e. The Labute approximate surface area is 133 Å². The molecule has 0 aliphatic heterocycles. The Bertz CT molecular complexity index is 618. The van der Waals surface area contributed by atoms with Crippen molar-refractivity contribution in [1.82, 2.24) is 15.8 Å². The van der Waals surface area contributed by atoms with Crippen molar-refractivity contribution >= 4 is 23.2 Å². The second kappa shape index (κ2) is 7.77. The molecule has 0 saturated carbocycles. The molecule has 2 aromatic rings. The number of amides is 2. The zero-order valence-electron chi connectivity index (χ0n) is 12.6. The summed E-state index contributed by atoms with van der Waals surface area (Å²) in [4.78, 5) is 26.4. The van der Waals surface area contributed by atoms with Gasteiger partial charge in [0, 0.05) is 0 Å². The molecule has 0 fully saturated rings. The average molecular weight is 321 g/mol. The van der Waals surface area contributed by atoms with Gasteiger partial charge in [-0.05, 0) is 36.7 Å². The molecule has 0 spiro atoms. The number of thiophene rings is 1. The van der Waals surface area contributed by atoms with Crippen LogP contribution in [0.5, 0.6) is 0 Å². The fraction of sp³-hybridized carbons (Fsp3) is 0.333. The summed E-state index contributed by atoms with van der Waals surface area (Å²) < 4.78 is 5.50. The first-order valence-electron chi connectivity index (χ1n) is 7.09. The lowest BCUT2D eigenvalue weighted by Crippen LogP contribution is -2.41. The number of carbonyl (C=O) groups excluding carboxylic acids is 2. The highest BCUT2D eigenvalue weighted by Crippen LogP contribution is 2.11. The number of hydrazine groups is 1. The third-order valence-electron chi connectivity index (χ3n) is 3.19. The lowest BCUT2D eigenvalue weighted by molar-refractivity contribution is 0.0830. The van der Waals surface area contributed by atoms with Crippen LogP contribution in [0.25, 0.3) is 0 Å². The molecule has 2 heterocycles. The van der Waals surface area contributed by atoms with E-state index in [1.165, 1.54) is 11.3 Å². The number of hydrogen-bond acceptors (Lipinski definition) is 5. The van der Waals surface area contributed by atoms with Gasteiger partial charge >= 0.3 is 5.91 Å². The SMILES string of the molecule is CCN(CC)Cc1ccc(C(=O)NNC(=O)c2cccs2)o1. The van der Waals surface area contributed by atoms with Crippen molar-refractivity contribution in [2.24, 2.45) is 0 Å². The number of furan rings is 1. The Morgan fingerprint density at radius 3 is 2.50 bits per heavy atom. The van der Waals surface area contributed by atoms with Gasteiger partial charge in [0.1, 0.15) is 5.76 Å². The van der Waals surface area contributed by atoms with Crippen molar-refractivity contribution in [1.29, 1.82) is 0 Å². The Kier molecular flexibility index (Phi) is 5.74. The van der Waals surface area contributed by atoms with Gasteiger partial charge in [-0.15, -0.1) is 11.3 Å². The molecule has 6 nitrogen and oxygen atoms in total. The molecule has 0 radical (unpaired) electrons. The quantitative estimate of drug-likeness (QED) is 0.800. The minimum absolute atomic E-state index is 0.175. The summed E-state index contributed by atoms with van der Waals surface area (Å²) in [6.45, 7) is 6.62. The van der Waals surface area contributed by atoms with Crippen molar-refractivity contribution < 1.29 is 14.0 Å².